The van der Waals surface area contributed by atoms with Crippen LogP contribution in [0.1, 0.15) is 28.0 Å². The number of hydrogen-bond donors (Lipinski definition) is 3. The molecule has 1 aliphatic rings. The highest BCUT2D eigenvalue weighted by atomic mass is 16.2. The third kappa shape index (κ3) is 2.64. The van der Waals surface area contributed by atoms with Crippen LogP contribution in [0.3, 0.4) is 0 Å². The van der Waals surface area contributed by atoms with Crippen LogP contribution in [0.4, 0.5) is 5.69 Å². The van der Waals surface area contributed by atoms with Gasteiger partial charge in [-0.25, -0.2) is 0 Å². The van der Waals surface area contributed by atoms with Crippen molar-refractivity contribution in [2.75, 3.05) is 18.4 Å². The van der Waals surface area contributed by atoms with Crippen LogP contribution in [0.25, 0.3) is 10.9 Å². The largest absolute Gasteiger partial charge is 0.380 e. The Morgan fingerprint density at radius 1 is 1.42 bits per heavy atom. The summed E-state index contributed by atoms with van der Waals surface area (Å²) in [6, 6.07) is 3.80. The minimum Gasteiger partial charge on any atom is -0.380 e. The number of H-pyrrole nitrogens is 1. The summed E-state index contributed by atoms with van der Waals surface area (Å²) in [6.07, 6.45) is 2.23. The smallest absolute Gasteiger partial charge is 0.250 e. The zero-order valence-corrected chi connectivity index (χ0v) is 14.0. The molecule has 0 unspecified atom stereocenters. The summed E-state index contributed by atoms with van der Waals surface area (Å²) in [5.41, 5.74) is 9.79. The molecular formula is C18H22N4O2. The van der Waals surface area contributed by atoms with Gasteiger partial charge in [0, 0.05) is 35.9 Å². The lowest BCUT2D eigenvalue weighted by molar-refractivity contribution is -0.125. The van der Waals surface area contributed by atoms with Gasteiger partial charge in [0.25, 0.3) is 5.91 Å². The molecule has 1 aromatic heterocycles. The predicted molar refractivity (Wildman–Crippen MR) is 95.1 cm³/mol. The van der Waals surface area contributed by atoms with E-state index in [1.807, 2.05) is 19.9 Å². The van der Waals surface area contributed by atoms with Crippen LogP contribution in [0, 0.1) is 13.8 Å². The molecule has 126 valence electrons. The molecule has 2 aromatic rings. The van der Waals surface area contributed by atoms with Crippen molar-refractivity contribution in [3.8, 4) is 0 Å². The number of aryl methyl sites for hydroxylation is 2. The van der Waals surface area contributed by atoms with Crippen LogP contribution < -0.4 is 11.1 Å². The third-order valence-electron chi connectivity index (χ3n) is 4.75. The fraction of sp³-hybridized carbons (Fsp3) is 0.333. The Morgan fingerprint density at radius 3 is 2.83 bits per heavy atom. The van der Waals surface area contributed by atoms with Gasteiger partial charge in [0.1, 0.15) is 0 Å². The Bertz CT molecular complexity index is 837. The van der Waals surface area contributed by atoms with E-state index in [-0.39, 0.29) is 11.9 Å². The number of primary amides is 1. The van der Waals surface area contributed by atoms with Gasteiger partial charge in [-0.15, -0.1) is 0 Å². The van der Waals surface area contributed by atoms with E-state index in [9.17, 15) is 9.59 Å². The summed E-state index contributed by atoms with van der Waals surface area (Å²) in [4.78, 5) is 28.4. The molecule has 1 aromatic carbocycles. The van der Waals surface area contributed by atoms with Crippen molar-refractivity contribution in [3.05, 3.63) is 41.6 Å². The second-order valence-electron chi connectivity index (χ2n) is 6.27. The molecule has 1 aliphatic heterocycles. The predicted octanol–water partition coefficient (Wildman–Crippen LogP) is 2.08. The molecule has 2 heterocycles. The number of nitrogens with two attached hydrogens (primary N) is 1. The number of amides is 2. The molecule has 1 atom stereocenters. The number of benzene rings is 1. The van der Waals surface area contributed by atoms with Gasteiger partial charge in [-0.3, -0.25) is 9.59 Å². The first kappa shape index (κ1) is 16.1. The summed E-state index contributed by atoms with van der Waals surface area (Å²) < 4.78 is 0. The number of rotatable bonds is 4. The molecule has 0 spiro atoms. The number of nitrogens with one attached hydrogen (secondary N) is 2. The zero-order valence-electron chi connectivity index (χ0n) is 14.0. The number of likely N-dealkylation sites (tertiary alicyclic amines) is 1. The lowest BCUT2D eigenvalue weighted by atomic mass is 10.0. The van der Waals surface area contributed by atoms with E-state index in [1.165, 1.54) is 6.08 Å². The maximum absolute atomic E-state index is 11.7. The van der Waals surface area contributed by atoms with Gasteiger partial charge >= 0.3 is 0 Å². The zero-order chi connectivity index (χ0) is 17.4. The maximum atomic E-state index is 11.7. The first-order valence-electron chi connectivity index (χ1n) is 8.02. The molecule has 0 radical (unpaired) electrons. The van der Waals surface area contributed by atoms with Crippen LogP contribution in [-0.4, -0.2) is 40.8 Å². The van der Waals surface area contributed by atoms with E-state index in [2.05, 4.69) is 16.9 Å². The molecular weight excluding hydrogens is 304 g/mol. The molecule has 4 N–H and O–H groups in total. The van der Waals surface area contributed by atoms with E-state index in [0.29, 0.717) is 12.1 Å². The maximum Gasteiger partial charge on any atom is 0.250 e. The lowest BCUT2D eigenvalue weighted by Crippen LogP contribution is -2.30. The van der Waals surface area contributed by atoms with Gasteiger partial charge in [0.15, 0.2) is 0 Å². The van der Waals surface area contributed by atoms with Gasteiger partial charge in [-0.1, -0.05) is 6.58 Å². The number of aromatic amines is 1. The number of nitrogens with zero attached hydrogens (tertiary/aromatic N) is 1. The summed E-state index contributed by atoms with van der Waals surface area (Å²) in [6.45, 7) is 8.90. The highest BCUT2D eigenvalue weighted by Gasteiger charge is 2.26. The summed E-state index contributed by atoms with van der Waals surface area (Å²) in [7, 11) is 0. The van der Waals surface area contributed by atoms with Gasteiger partial charge in [-0.05, 0) is 44.0 Å². The average Bonchev–Trinajstić information content (AvgIpc) is 3.12. The van der Waals surface area contributed by atoms with Crippen molar-refractivity contribution in [1.29, 1.82) is 0 Å². The number of fused-ring (bicyclic) bond motifs is 1. The van der Waals surface area contributed by atoms with Crippen molar-refractivity contribution in [2.45, 2.75) is 26.3 Å². The van der Waals surface area contributed by atoms with Crippen LogP contribution in [0.5, 0.6) is 0 Å². The third-order valence-corrected chi connectivity index (χ3v) is 4.75. The molecule has 2 amide bonds. The van der Waals surface area contributed by atoms with Crippen molar-refractivity contribution < 1.29 is 9.59 Å². The Labute approximate surface area is 140 Å². The van der Waals surface area contributed by atoms with Crippen molar-refractivity contribution in [2.24, 2.45) is 5.73 Å². The van der Waals surface area contributed by atoms with Gasteiger partial charge < -0.3 is 20.9 Å². The summed E-state index contributed by atoms with van der Waals surface area (Å²) in [5.74, 6) is -0.487. The molecule has 24 heavy (non-hydrogen) atoms. The number of aromatic nitrogens is 1. The van der Waals surface area contributed by atoms with Gasteiger partial charge in [-0.2, -0.15) is 0 Å². The first-order chi connectivity index (χ1) is 11.4. The number of carbonyl (C=O) groups is 2. The van der Waals surface area contributed by atoms with Crippen molar-refractivity contribution >= 4 is 28.4 Å². The first-order valence-corrected chi connectivity index (χ1v) is 8.02. The molecule has 1 fully saturated rings. The Kier molecular flexibility index (Phi) is 4.05. The summed E-state index contributed by atoms with van der Waals surface area (Å²) in [5, 5.41) is 4.50. The van der Waals surface area contributed by atoms with Crippen molar-refractivity contribution in [3.63, 3.8) is 0 Å². The number of hydrogen-bond acceptors (Lipinski definition) is 3. The highest BCUT2D eigenvalue weighted by molar-refractivity contribution is 6.09. The normalized spacial score (nSPS) is 17.2. The Morgan fingerprint density at radius 2 is 2.17 bits per heavy atom. The molecule has 1 saturated heterocycles. The second kappa shape index (κ2) is 6.03. The van der Waals surface area contributed by atoms with Gasteiger partial charge in [0.05, 0.1) is 11.1 Å². The van der Waals surface area contributed by atoms with E-state index in [4.69, 9.17) is 5.73 Å². The minimum absolute atomic E-state index is 0.0396. The number of carbonyl (C=O) groups excluding carboxylic acids is 2. The molecule has 0 bridgehead atoms. The van der Waals surface area contributed by atoms with Crippen LogP contribution in [0.15, 0.2) is 24.8 Å². The molecule has 3 rings (SSSR count). The topological polar surface area (TPSA) is 91.2 Å². The SMILES string of the molecule is C=CC(=O)N1CC[C@@H](Nc2ccc(C(N)=O)c3[nH]c(C)c(C)c23)C1. The molecule has 6 nitrogen and oxygen atoms in total. The molecule has 6 heteroatoms. The van der Waals surface area contributed by atoms with E-state index in [0.717, 1.165) is 40.8 Å². The average molecular weight is 326 g/mol. The Balaban J connectivity index is 1.94. The monoisotopic (exact) mass is 326 g/mol. The van der Waals surface area contributed by atoms with E-state index >= 15 is 0 Å². The highest BCUT2D eigenvalue weighted by Crippen LogP contribution is 2.32. The molecule has 0 saturated carbocycles. The van der Waals surface area contributed by atoms with Gasteiger partial charge in [0.2, 0.25) is 5.91 Å². The van der Waals surface area contributed by atoms with Crippen molar-refractivity contribution in [1.82, 2.24) is 9.88 Å². The Hall–Kier alpha value is -2.76. The van der Waals surface area contributed by atoms with E-state index in [1.54, 1.807) is 11.0 Å². The van der Waals surface area contributed by atoms with Crippen LogP contribution in [0.2, 0.25) is 0 Å². The minimum atomic E-state index is -0.448. The summed E-state index contributed by atoms with van der Waals surface area (Å²) >= 11 is 0. The lowest BCUT2D eigenvalue weighted by Gasteiger charge is -2.17. The van der Waals surface area contributed by atoms with Crippen LogP contribution in [-0.2, 0) is 4.79 Å². The number of anilines is 1. The fourth-order valence-corrected chi connectivity index (χ4v) is 3.34. The molecule has 0 aliphatic carbocycles. The van der Waals surface area contributed by atoms with Crippen LogP contribution >= 0.6 is 0 Å². The fourth-order valence-electron chi connectivity index (χ4n) is 3.34. The second-order valence-corrected chi connectivity index (χ2v) is 6.27. The van der Waals surface area contributed by atoms with E-state index < -0.39 is 5.91 Å². The standard InChI is InChI=1S/C18H22N4O2/c1-4-15(23)22-8-7-12(9-22)21-14-6-5-13(18(19)24)17-16(14)10(2)11(3)20-17/h4-6,12,20-21H,1,7-9H2,2-3H3,(H2,19,24)/t12-/m1/s1. The quantitative estimate of drug-likeness (QED) is 0.751.